The van der Waals surface area contributed by atoms with Gasteiger partial charge in [0, 0.05) is 25.3 Å². The van der Waals surface area contributed by atoms with Crippen molar-refractivity contribution in [2.24, 2.45) is 0 Å². The number of hydrogen-bond donors (Lipinski definition) is 2. The number of piperidine rings is 1. The Morgan fingerprint density at radius 1 is 1.30 bits per heavy atom. The Bertz CT molecular complexity index is 485. The summed E-state index contributed by atoms with van der Waals surface area (Å²) in [5.74, 6) is 0.506. The summed E-state index contributed by atoms with van der Waals surface area (Å²) in [6, 6.07) is 3.92. The number of urea groups is 1. The number of aromatic nitrogens is 1. The predicted octanol–water partition coefficient (Wildman–Crippen LogP) is 2.41. The van der Waals surface area contributed by atoms with Gasteiger partial charge in [-0.05, 0) is 32.8 Å². The molecule has 0 spiro atoms. The summed E-state index contributed by atoms with van der Waals surface area (Å²) in [6.45, 7) is 5.21. The second kappa shape index (κ2) is 8.69. The molecule has 2 amide bonds. The van der Waals surface area contributed by atoms with Gasteiger partial charge in [-0.15, -0.1) is 0 Å². The van der Waals surface area contributed by atoms with Gasteiger partial charge in [0.05, 0.1) is 18.5 Å². The van der Waals surface area contributed by atoms with Crippen molar-refractivity contribution < 1.29 is 14.3 Å². The van der Waals surface area contributed by atoms with E-state index in [9.17, 15) is 4.79 Å². The fourth-order valence-corrected chi connectivity index (χ4v) is 2.69. The zero-order valence-electron chi connectivity index (χ0n) is 14.0. The number of anilines is 1. The largest absolute Gasteiger partial charge is 0.475 e. The van der Waals surface area contributed by atoms with Crippen LogP contribution in [-0.4, -0.2) is 48.4 Å². The van der Waals surface area contributed by atoms with Gasteiger partial charge in [0.25, 0.3) is 0 Å². The topological polar surface area (TPSA) is 75.7 Å². The quantitative estimate of drug-likeness (QED) is 0.787. The Labute approximate surface area is 137 Å². The summed E-state index contributed by atoms with van der Waals surface area (Å²) in [4.78, 5) is 16.3. The van der Waals surface area contributed by atoms with Crippen LogP contribution in [0.4, 0.5) is 10.5 Å². The molecule has 0 aliphatic carbocycles. The molecule has 2 heterocycles. The van der Waals surface area contributed by atoms with Crippen LogP contribution in [0, 0.1) is 0 Å². The van der Waals surface area contributed by atoms with Crippen LogP contribution in [0.25, 0.3) is 0 Å². The van der Waals surface area contributed by atoms with Crippen LogP contribution >= 0.6 is 0 Å². The molecule has 7 heteroatoms. The zero-order valence-corrected chi connectivity index (χ0v) is 14.0. The first-order valence-electron chi connectivity index (χ1n) is 8.04. The lowest BCUT2D eigenvalue weighted by molar-refractivity contribution is 0.0625. The number of pyridine rings is 1. The maximum absolute atomic E-state index is 12.1. The lowest BCUT2D eigenvalue weighted by Gasteiger charge is -2.38. The first kappa shape index (κ1) is 17.5. The van der Waals surface area contributed by atoms with E-state index in [1.165, 1.54) is 6.42 Å². The highest BCUT2D eigenvalue weighted by Gasteiger charge is 2.26. The van der Waals surface area contributed by atoms with Gasteiger partial charge in [0.15, 0.2) is 0 Å². The average molecular weight is 322 g/mol. The molecule has 0 radical (unpaired) electrons. The molecule has 2 N–H and O–H groups in total. The van der Waals surface area contributed by atoms with Crippen molar-refractivity contribution in [3.8, 4) is 5.88 Å². The normalized spacial score (nSPS) is 21.7. The van der Waals surface area contributed by atoms with Gasteiger partial charge in [-0.1, -0.05) is 6.42 Å². The van der Waals surface area contributed by atoms with Crippen molar-refractivity contribution in [3.05, 3.63) is 18.3 Å². The van der Waals surface area contributed by atoms with Crippen molar-refractivity contribution in [2.45, 2.75) is 45.2 Å². The number of ether oxygens (including phenoxy) is 2. The minimum Gasteiger partial charge on any atom is -0.475 e. The highest BCUT2D eigenvalue weighted by atomic mass is 16.5. The van der Waals surface area contributed by atoms with Gasteiger partial charge in [-0.2, -0.15) is 0 Å². The molecule has 23 heavy (non-hydrogen) atoms. The molecule has 2 rings (SSSR count). The molecule has 1 aliphatic rings. The molecule has 2 atom stereocenters. The van der Waals surface area contributed by atoms with Gasteiger partial charge in [0.1, 0.15) is 6.61 Å². The number of hydrazine groups is 1. The highest BCUT2D eigenvalue weighted by molar-refractivity contribution is 5.88. The number of nitrogens with zero attached hydrogens (tertiary/aromatic N) is 2. The van der Waals surface area contributed by atoms with E-state index in [0.717, 1.165) is 12.8 Å². The summed E-state index contributed by atoms with van der Waals surface area (Å²) in [6.07, 6.45) is 4.97. The summed E-state index contributed by atoms with van der Waals surface area (Å²) >= 11 is 0. The Morgan fingerprint density at radius 3 is 2.65 bits per heavy atom. The summed E-state index contributed by atoms with van der Waals surface area (Å²) in [5.41, 5.74) is 3.56. The monoisotopic (exact) mass is 322 g/mol. The van der Waals surface area contributed by atoms with E-state index in [4.69, 9.17) is 9.47 Å². The minimum atomic E-state index is -0.250. The zero-order chi connectivity index (χ0) is 16.7. The number of hydrogen-bond acceptors (Lipinski definition) is 5. The maximum Gasteiger partial charge on any atom is 0.333 e. The third kappa shape index (κ3) is 5.37. The van der Waals surface area contributed by atoms with Crippen LogP contribution in [0.3, 0.4) is 0 Å². The van der Waals surface area contributed by atoms with Crippen LogP contribution in [0.2, 0.25) is 0 Å². The lowest BCUT2D eigenvalue weighted by atomic mass is 10.00. The first-order valence-corrected chi connectivity index (χ1v) is 8.04. The van der Waals surface area contributed by atoms with Gasteiger partial charge in [0.2, 0.25) is 5.88 Å². The minimum absolute atomic E-state index is 0.250. The van der Waals surface area contributed by atoms with Crippen molar-refractivity contribution in [1.29, 1.82) is 0 Å². The molecule has 1 aromatic rings. The van der Waals surface area contributed by atoms with Crippen molar-refractivity contribution in [2.75, 3.05) is 25.6 Å². The molecule has 1 aromatic heterocycles. The number of amides is 2. The average Bonchev–Trinajstić information content (AvgIpc) is 2.53. The molecular formula is C16H26N4O3. The fourth-order valence-electron chi connectivity index (χ4n) is 2.69. The molecule has 7 nitrogen and oxygen atoms in total. The van der Waals surface area contributed by atoms with Crippen LogP contribution in [0.15, 0.2) is 18.3 Å². The SMILES string of the molecule is COCCOc1ccc(NC(=O)NN2[C@H](C)CCC[C@H]2C)cn1. The Balaban J connectivity index is 1.82. The van der Waals surface area contributed by atoms with E-state index in [1.54, 1.807) is 25.4 Å². The van der Waals surface area contributed by atoms with Crippen molar-refractivity contribution >= 4 is 11.7 Å². The maximum atomic E-state index is 12.1. The Kier molecular flexibility index (Phi) is 6.61. The number of methoxy groups -OCH3 is 1. The molecule has 1 fully saturated rings. The summed E-state index contributed by atoms with van der Waals surface area (Å²) < 4.78 is 10.3. The highest BCUT2D eigenvalue weighted by Crippen LogP contribution is 2.20. The first-order chi connectivity index (χ1) is 11.1. The Morgan fingerprint density at radius 2 is 2.04 bits per heavy atom. The molecule has 0 unspecified atom stereocenters. The smallest absolute Gasteiger partial charge is 0.333 e. The van der Waals surface area contributed by atoms with Gasteiger partial charge in [-0.25, -0.2) is 14.8 Å². The number of carbonyl (C=O) groups is 1. The third-order valence-corrected chi connectivity index (χ3v) is 3.96. The molecule has 128 valence electrons. The number of nitrogens with one attached hydrogen (secondary N) is 2. The molecule has 1 aliphatic heterocycles. The van der Waals surface area contributed by atoms with E-state index in [2.05, 4.69) is 29.6 Å². The third-order valence-electron chi connectivity index (χ3n) is 3.96. The van der Waals surface area contributed by atoms with E-state index >= 15 is 0 Å². The standard InChI is InChI=1S/C16H26N4O3/c1-12-5-4-6-13(2)20(12)19-16(21)18-14-7-8-15(17-11-14)23-10-9-22-3/h7-8,11-13H,4-6,9-10H2,1-3H3,(H2,18,19,21)/t12-,13-/m1/s1. The van der Waals surface area contributed by atoms with Crippen LogP contribution < -0.4 is 15.5 Å². The van der Waals surface area contributed by atoms with Crippen LogP contribution in [-0.2, 0) is 4.74 Å². The van der Waals surface area contributed by atoms with Gasteiger partial charge >= 0.3 is 6.03 Å². The fraction of sp³-hybridized carbons (Fsp3) is 0.625. The van der Waals surface area contributed by atoms with Gasteiger partial charge in [-0.3, -0.25) is 5.43 Å². The molecule has 0 bridgehead atoms. The number of rotatable bonds is 6. The number of carbonyl (C=O) groups excluding carboxylic acids is 1. The van der Waals surface area contributed by atoms with Crippen molar-refractivity contribution in [1.82, 2.24) is 15.4 Å². The van der Waals surface area contributed by atoms with Crippen LogP contribution in [0.1, 0.15) is 33.1 Å². The summed E-state index contributed by atoms with van der Waals surface area (Å²) in [5, 5.41) is 4.81. The predicted molar refractivity (Wildman–Crippen MR) is 88.4 cm³/mol. The molecule has 0 saturated carbocycles. The lowest BCUT2D eigenvalue weighted by Crippen LogP contribution is -2.55. The molecule has 1 saturated heterocycles. The molecule has 0 aromatic carbocycles. The van der Waals surface area contributed by atoms with E-state index < -0.39 is 0 Å². The second-order valence-electron chi connectivity index (χ2n) is 5.83. The van der Waals surface area contributed by atoms with E-state index in [0.29, 0.717) is 36.9 Å². The van der Waals surface area contributed by atoms with Crippen molar-refractivity contribution in [3.63, 3.8) is 0 Å². The summed E-state index contributed by atoms with van der Waals surface area (Å²) in [7, 11) is 1.62. The van der Waals surface area contributed by atoms with E-state index in [1.807, 2.05) is 5.01 Å². The second-order valence-corrected chi connectivity index (χ2v) is 5.83. The van der Waals surface area contributed by atoms with Crippen LogP contribution in [0.5, 0.6) is 5.88 Å². The molecular weight excluding hydrogens is 296 g/mol. The Hall–Kier alpha value is -1.86. The van der Waals surface area contributed by atoms with Gasteiger partial charge < -0.3 is 14.8 Å². The van der Waals surface area contributed by atoms with E-state index in [-0.39, 0.29) is 6.03 Å².